The summed E-state index contributed by atoms with van der Waals surface area (Å²) < 4.78 is 24.4. The predicted molar refractivity (Wildman–Crippen MR) is 137 cm³/mol. The third-order valence-electron chi connectivity index (χ3n) is 7.81. The lowest BCUT2D eigenvalue weighted by Crippen LogP contribution is -2.41. The molecule has 4 rings (SSSR count). The molecule has 2 aliphatic rings. The highest BCUT2D eigenvalue weighted by Gasteiger charge is 2.52. The fourth-order valence-corrected chi connectivity index (χ4v) is 4.06. The minimum atomic E-state index is -0.391. The molecule has 0 aromatic heterocycles. The number of Topliss-reactive ketones (excluding diaryl/α,β-unsaturated/α-hetero) is 1. The zero-order valence-corrected chi connectivity index (χ0v) is 21.7. The van der Waals surface area contributed by atoms with Gasteiger partial charge in [-0.15, -0.1) is 0 Å². The Kier molecular flexibility index (Phi) is 6.39. The Bertz CT molecular complexity index is 926. The summed E-state index contributed by atoms with van der Waals surface area (Å²) in [5, 5.41) is 0. The maximum absolute atomic E-state index is 12.7. The first-order chi connectivity index (χ1) is 15.7. The molecule has 0 amide bonds. The van der Waals surface area contributed by atoms with Crippen LogP contribution in [0.1, 0.15) is 66.5 Å². The van der Waals surface area contributed by atoms with Crippen molar-refractivity contribution in [3.8, 4) is 0 Å². The van der Waals surface area contributed by atoms with Crippen LogP contribution in [0.4, 0.5) is 0 Å². The second-order valence-corrected chi connectivity index (χ2v) is 11.6. The van der Waals surface area contributed by atoms with Gasteiger partial charge in [0, 0.05) is 12.8 Å². The first kappa shape index (κ1) is 25.2. The standard InChI is InChI=1S/C27H36B2O5/c1-24(2)25(3,4)32-28(31-24)21-13-9-19(10-14-21)17-23(30)18-20-11-15-22(16-12-20)29-33-26(5,6)27(7,8)34-29/h9-16H,17-18H2,1-8H3. The SMILES string of the molecule is CC1(C)OB(c2ccc(CC(=O)Cc3ccc(B4OC(C)(C)C(C)(C)O4)cc3)cc2)OC1(C)C. The summed E-state index contributed by atoms with van der Waals surface area (Å²) in [6.07, 6.45) is 0.783. The Morgan fingerprint density at radius 3 is 1.09 bits per heavy atom. The van der Waals surface area contributed by atoms with Crippen molar-refractivity contribution in [3.05, 3.63) is 59.7 Å². The van der Waals surface area contributed by atoms with Crippen molar-refractivity contribution < 1.29 is 23.4 Å². The molecule has 0 aliphatic carbocycles. The fraction of sp³-hybridized carbons (Fsp3) is 0.519. The molecule has 180 valence electrons. The summed E-state index contributed by atoms with van der Waals surface area (Å²) in [7, 11) is -0.783. The largest absolute Gasteiger partial charge is 0.494 e. The van der Waals surface area contributed by atoms with Gasteiger partial charge in [-0.25, -0.2) is 0 Å². The molecule has 34 heavy (non-hydrogen) atoms. The van der Waals surface area contributed by atoms with Gasteiger partial charge in [-0.1, -0.05) is 48.5 Å². The number of rotatable bonds is 6. The maximum Gasteiger partial charge on any atom is 0.494 e. The van der Waals surface area contributed by atoms with Gasteiger partial charge in [-0.05, 0) is 77.4 Å². The average Bonchev–Trinajstić information content (AvgIpc) is 3.08. The van der Waals surface area contributed by atoms with E-state index in [9.17, 15) is 4.79 Å². The van der Waals surface area contributed by atoms with Gasteiger partial charge in [0.1, 0.15) is 5.78 Å². The van der Waals surface area contributed by atoms with Gasteiger partial charge in [0.15, 0.2) is 0 Å². The second kappa shape index (κ2) is 8.63. The van der Waals surface area contributed by atoms with Gasteiger partial charge in [0.25, 0.3) is 0 Å². The van der Waals surface area contributed by atoms with Crippen LogP contribution in [-0.2, 0) is 36.3 Å². The topological polar surface area (TPSA) is 54.0 Å². The second-order valence-electron chi connectivity index (χ2n) is 11.6. The maximum atomic E-state index is 12.7. The van der Waals surface area contributed by atoms with Crippen molar-refractivity contribution in [1.82, 2.24) is 0 Å². The van der Waals surface area contributed by atoms with E-state index in [1.807, 2.05) is 104 Å². The Balaban J connectivity index is 1.33. The molecule has 2 aromatic rings. The Labute approximate surface area is 204 Å². The summed E-state index contributed by atoms with van der Waals surface area (Å²) in [6.45, 7) is 16.3. The molecule has 0 bridgehead atoms. The Hall–Kier alpha value is -1.92. The molecule has 0 radical (unpaired) electrons. The van der Waals surface area contributed by atoms with E-state index in [4.69, 9.17) is 18.6 Å². The highest BCUT2D eigenvalue weighted by atomic mass is 16.7. The van der Waals surface area contributed by atoms with Crippen LogP contribution in [0.2, 0.25) is 0 Å². The lowest BCUT2D eigenvalue weighted by molar-refractivity contribution is -0.117. The van der Waals surface area contributed by atoms with Gasteiger partial charge < -0.3 is 18.6 Å². The summed E-state index contributed by atoms with van der Waals surface area (Å²) in [5.41, 5.74) is 2.42. The first-order valence-corrected chi connectivity index (χ1v) is 12.1. The molecule has 5 nitrogen and oxygen atoms in total. The molecule has 0 N–H and O–H groups in total. The average molecular weight is 462 g/mol. The molecular formula is C27H36B2O5. The van der Waals surface area contributed by atoms with Crippen LogP contribution < -0.4 is 10.9 Å². The number of ketones is 1. The van der Waals surface area contributed by atoms with E-state index in [0.29, 0.717) is 12.8 Å². The molecule has 2 aromatic carbocycles. The summed E-state index contributed by atoms with van der Waals surface area (Å²) in [5.74, 6) is 0.173. The van der Waals surface area contributed by atoms with E-state index < -0.39 is 14.2 Å². The molecule has 2 fully saturated rings. The van der Waals surface area contributed by atoms with E-state index in [1.165, 1.54) is 0 Å². The van der Waals surface area contributed by atoms with Gasteiger partial charge in [-0.3, -0.25) is 4.79 Å². The molecular weight excluding hydrogens is 426 g/mol. The van der Waals surface area contributed by atoms with Crippen LogP contribution >= 0.6 is 0 Å². The number of benzene rings is 2. The minimum Gasteiger partial charge on any atom is -0.399 e. The number of hydrogen-bond acceptors (Lipinski definition) is 5. The monoisotopic (exact) mass is 462 g/mol. The molecule has 2 aliphatic heterocycles. The van der Waals surface area contributed by atoms with E-state index in [0.717, 1.165) is 22.1 Å². The summed E-state index contributed by atoms with van der Waals surface area (Å²) in [4.78, 5) is 12.7. The first-order valence-electron chi connectivity index (χ1n) is 12.1. The van der Waals surface area contributed by atoms with Crippen molar-refractivity contribution in [1.29, 1.82) is 0 Å². The number of carbonyl (C=O) groups is 1. The summed E-state index contributed by atoms with van der Waals surface area (Å²) >= 11 is 0. The van der Waals surface area contributed by atoms with Gasteiger partial charge in [0.2, 0.25) is 0 Å². The highest BCUT2D eigenvalue weighted by Crippen LogP contribution is 2.37. The zero-order valence-electron chi connectivity index (χ0n) is 21.7. The molecule has 0 spiro atoms. The predicted octanol–water partition coefficient (Wildman–Crippen LogP) is 3.64. The summed E-state index contributed by atoms with van der Waals surface area (Å²) in [6, 6.07) is 15.9. The minimum absolute atomic E-state index is 0.173. The normalized spacial score (nSPS) is 22.2. The fourth-order valence-electron chi connectivity index (χ4n) is 4.06. The van der Waals surface area contributed by atoms with E-state index in [1.54, 1.807) is 0 Å². The van der Waals surface area contributed by atoms with Crippen LogP contribution in [0, 0.1) is 0 Å². The quantitative estimate of drug-likeness (QED) is 0.614. The number of hydrogen-bond donors (Lipinski definition) is 0. The van der Waals surface area contributed by atoms with Gasteiger partial charge >= 0.3 is 14.2 Å². The van der Waals surface area contributed by atoms with Crippen LogP contribution in [0.3, 0.4) is 0 Å². The number of carbonyl (C=O) groups excluding carboxylic acids is 1. The molecule has 7 heteroatoms. The van der Waals surface area contributed by atoms with Gasteiger partial charge in [0.05, 0.1) is 22.4 Å². The van der Waals surface area contributed by atoms with E-state index >= 15 is 0 Å². The highest BCUT2D eigenvalue weighted by molar-refractivity contribution is 6.62. The van der Waals surface area contributed by atoms with Crippen LogP contribution in [0.25, 0.3) is 0 Å². The van der Waals surface area contributed by atoms with Crippen LogP contribution in [0.15, 0.2) is 48.5 Å². The Morgan fingerprint density at radius 1 is 0.559 bits per heavy atom. The Morgan fingerprint density at radius 2 is 0.824 bits per heavy atom. The van der Waals surface area contributed by atoms with Crippen molar-refractivity contribution in [2.24, 2.45) is 0 Å². The van der Waals surface area contributed by atoms with Gasteiger partial charge in [-0.2, -0.15) is 0 Å². The molecule has 0 atom stereocenters. The van der Waals surface area contributed by atoms with Crippen molar-refractivity contribution in [2.45, 2.75) is 90.6 Å². The molecule has 2 saturated heterocycles. The third kappa shape index (κ3) is 4.90. The van der Waals surface area contributed by atoms with Crippen LogP contribution in [-0.4, -0.2) is 42.4 Å². The van der Waals surface area contributed by atoms with E-state index in [2.05, 4.69) is 0 Å². The van der Waals surface area contributed by atoms with Crippen molar-refractivity contribution in [3.63, 3.8) is 0 Å². The zero-order chi connectivity index (χ0) is 24.9. The van der Waals surface area contributed by atoms with Crippen molar-refractivity contribution in [2.75, 3.05) is 0 Å². The lowest BCUT2D eigenvalue weighted by atomic mass is 9.78. The lowest BCUT2D eigenvalue weighted by Gasteiger charge is -2.32. The van der Waals surface area contributed by atoms with Crippen LogP contribution in [0.5, 0.6) is 0 Å². The third-order valence-corrected chi connectivity index (χ3v) is 7.81. The van der Waals surface area contributed by atoms with Crippen molar-refractivity contribution >= 4 is 30.9 Å². The van der Waals surface area contributed by atoms with E-state index in [-0.39, 0.29) is 28.2 Å². The smallest absolute Gasteiger partial charge is 0.399 e. The molecule has 0 unspecified atom stereocenters. The molecule has 0 saturated carbocycles. The molecule has 2 heterocycles.